The van der Waals surface area contributed by atoms with Gasteiger partial charge >= 0.3 is 0 Å². The molecule has 2 aromatic heterocycles. The Bertz CT molecular complexity index is 1040. The van der Waals surface area contributed by atoms with Gasteiger partial charge in [0, 0.05) is 22.0 Å². The Balaban J connectivity index is 1.53. The highest BCUT2D eigenvalue weighted by atomic mass is 32.2. The number of aromatic nitrogens is 2. The van der Waals surface area contributed by atoms with E-state index < -0.39 is 11.6 Å². The van der Waals surface area contributed by atoms with E-state index in [4.69, 9.17) is 0 Å². The van der Waals surface area contributed by atoms with Crippen molar-refractivity contribution < 1.29 is 13.6 Å². The van der Waals surface area contributed by atoms with E-state index in [1.165, 1.54) is 34.7 Å². The van der Waals surface area contributed by atoms with Crippen LogP contribution in [0, 0.1) is 18.6 Å². The van der Waals surface area contributed by atoms with Crippen molar-refractivity contribution in [3.05, 3.63) is 46.1 Å². The number of nitrogens with one attached hydrogen (secondary N) is 1. The van der Waals surface area contributed by atoms with E-state index in [2.05, 4.69) is 15.3 Å². The van der Waals surface area contributed by atoms with Crippen LogP contribution >= 0.6 is 23.1 Å². The zero-order valence-electron chi connectivity index (χ0n) is 14.6. The molecule has 0 bridgehead atoms. The quantitative estimate of drug-likeness (QED) is 0.496. The van der Waals surface area contributed by atoms with Gasteiger partial charge in [-0.3, -0.25) is 4.79 Å². The third kappa shape index (κ3) is 3.82. The smallest absolute Gasteiger partial charge is 0.234 e. The molecule has 0 radical (unpaired) electrons. The SMILES string of the molecule is Cc1nc(SCC(=O)Nc2ccc(F)c(F)c2)c2c3c(sc2n1)CCCC3. The van der Waals surface area contributed by atoms with E-state index >= 15 is 0 Å². The zero-order valence-corrected chi connectivity index (χ0v) is 16.3. The molecule has 1 aliphatic carbocycles. The lowest BCUT2D eigenvalue weighted by molar-refractivity contribution is -0.113. The first-order chi connectivity index (χ1) is 13.0. The molecule has 0 unspecified atom stereocenters. The average Bonchev–Trinajstić information content (AvgIpc) is 3.01. The van der Waals surface area contributed by atoms with Gasteiger partial charge < -0.3 is 5.32 Å². The van der Waals surface area contributed by atoms with Gasteiger partial charge in [-0.15, -0.1) is 11.3 Å². The van der Waals surface area contributed by atoms with E-state index in [1.807, 2.05) is 6.92 Å². The molecule has 1 aliphatic rings. The topological polar surface area (TPSA) is 54.9 Å². The molecule has 8 heteroatoms. The van der Waals surface area contributed by atoms with Crippen molar-refractivity contribution in [3.8, 4) is 0 Å². The van der Waals surface area contributed by atoms with Crippen LogP contribution in [0.5, 0.6) is 0 Å². The number of halogens is 2. The summed E-state index contributed by atoms with van der Waals surface area (Å²) in [6.07, 6.45) is 4.46. The number of benzene rings is 1. The number of hydrogen-bond donors (Lipinski definition) is 1. The molecule has 0 spiro atoms. The summed E-state index contributed by atoms with van der Waals surface area (Å²) in [6.45, 7) is 1.85. The maximum absolute atomic E-state index is 13.3. The molecule has 0 fully saturated rings. The monoisotopic (exact) mass is 405 g/mol. The van der Waals surface area contributed by atoms with Gasteiger partial charge in [-0.1, -0.05) is 11.8 Å². The normalized spacial score (nSPS) is 13.6. The first-order valence-corrected chi connectivity index (χ1v) is 10.5. The number of hydrogen-bond acceptors (Lipinski definition) is 5. The number of thiophene rings is 1. The van der Waals surface area contributed by atoms with Gasteiger partial charge in [-0.25, -0.2) is 18.7 Å². The maximum Gasteiger partial charge on any atom is 0.234 e. The predicted octanol–water partition coefficient (Wildman–Crippen LogP) is 4.89. The largest absolute Gasteiger partial charge is 0.325 e. The van der Waals surface area contributed by atoms with Gasteiger partial charge in [-0.05, 0) is 50.3 Å². The zero-order chi connectivity index (χ0) is 19.0. The predicted molar refractivity (Wildman–Crippen MR) is 105 cm³/mol. The van der Waals surface area contributed by atoms with Crippen LogP contribution in [0.2, 0.25) is 0 Å². The van der Waals surface area contributed by atoms with Gasteiger partial charge in [0.1, 0.15) is 15.7 Å². The number of fused-ring (bicyclic) bond motifs is 3. The van der Waals surface area contributed by atoms with Crippen LogP contribution in [0.25, 0.3) is 10.2 Å². The van der Waals surface area contributed by atoms with Crippen molar-refractivity contribution in [2.24, 2.45) is 0 Å². The first kappa shape index (κ1) is 18.3. The molecular formula is C19H17F2N3OS2. The van der Waals surface area contributed by atoms with Crippen molar-refractivity contribution in [1.82, 2.24) is 9.97 Å². The van der Waals surface area contributed by atoms with Gasteiger partial charge in [-0.2, -0.15) is 0 Å². The van der Waals surface area contributed by atoms with Crippen LogP contribution in [0.15, 0.2) is 23.2 Å². The molecule has 4 nitrogen and oxygen atoms in total. The van der Waals surface area contributed by atoms with Gasteiger partial charge in [0.15, 0.2) is 11.6 Å². The number of nitrogens with zero attached hydrogens (tertiary/aromatic N) is 2. The highest BCUT2D eigenvalue weighted by Gasteiger charge is 2.21. The van der Waals surface area contributed by atoms with Gasteiger partial charge in [0.25, 0.3) is 0 Å². The minimum Gasteiger partial charge on any atom is -0.325 e. The highest BCUT2D eigenvalue weighted by Crippen LogP contribution is 2.39. The van der Waals surface area contributed by atoms with Crippen molar-refractivity contribution in [3.63, 3.8) is 0 Å². The summed E-state index contributed by atoms with van der Waals surface area (Å²) in [5, 5.41) is 4.48. The number of carbonyl (C=O) groups is 1. The summed E-state index contributed by atoms with van der Waals surface area (Å²) in [5.41, 5.74) is 1.56. The number of amides is 1. The van der Waals surface area contributed by atoms with Crippen LogP contribution in [0.1, 0.15) is 29.1 Å². The number of thioether (sulfide) groups is 1. The fourth-order valence-electron chi connectivity index (χ4n) is 3.23. The second kappa shape index (κ2) is 7.52. The summed E-state index contributed by atoms with van der Waals surface area (Å²) >= 11 is 3.08. The summed E-state index contributed by atoms with van der Waals surface area (Å²) in [5.74, 6) is -1.40. The molecule has 0 atom stereocenters. The minimum atomic E-state index is -0.988. The molecule has 1 N–H and O–H groups in total. The van der Waals surface area contributed by atoms with Crippen LogP contribution in [-0.2, 0) is 17.6 Å². The Morgan fingerprint density at radius 1 is 1.22 bits per heavy atom. The minimum absolute atomic E-state index is 0.134. The molecule has 0 saturated carbocycles. The maximum atomic E-state index is 13.3. The van der Waals surface area contributed by atoms with Crippen molar-refractivity contribution >= 4 is 44.9 Å². The van der Waals surface area contributed by atoms with Crippen molar-refractivity contribution in [1.29, 1.82) is 0 Å². The standard InChI is InChI=1S/C19H17F2N3OS2/c1-10-22-18(17-12-4-2-3-5-15(12)27-19(17)23-10)26-9-16(25)24-11-6-7-13(20)14(21)8-11/h6-8H,2-5,9H2,1H3,(H,24,25). The molecule has 1 amide bonds. The van der Waals surface area contributed by atoms with Crippen molar-refractivity contribution in [2.45, 2.75) is 37.6 Å². The molecule has 2 heterocycles. The van der Waals surface area contributed by atoms with E-state index in [0.29, 0.717) is 5.82 Å². The summed E-state index contributed by atoms with van der Waals surface area (Å²) < 4.78 is 26.3. The van der Waals surface area contributed by atoms with Gasteiger partial charge in [0.05, 0.1) is 5.75 Å². The number of anilines is 1. The average molecular weight is 405 g/mol. The Morgan fingerprint density at radius 3 is 2.85 bits per heavy atom. The van der Waals surface area contributed by atoms with E-state index in [9.17, 15) is 13.6 Å². The lowest BCUT2D eigenvalue weighted by Crippen LogP contribution is -2.14. The fourth-order valence-corrected chi connectivity index (χ4v) is 5.51. The first-order valence-electron chi connectivity index (χ1n) is 8.68. The Labute approximate surface area is 163 Å². The summed E-state index contributed by atoms with van der Waals surface area (Å²) in [6, 6.07) is 3.30. The van der Waals surface area contributed by atoms with E-state index in [-0.39, 0.29) is 17.3 Å². The van der Waals surface area contributed by atoms with Crippen LogP contribution in [0.4, 0.5) is 14.5 Å². The Hall–Kier alpha value is -2.06. The molecule has 0 saturated heterocycles. The lowest BCUT2D eigenvalue weighted by Gasteiger charge is -2.12. The highest BCUT2D eigenvalue weighted by molar-refractivity contribution is 8.00. The number of carbonyl (C=O) groups excluding carboxylic acids is 1. The van der Waals surface area contributed by atoms with Crippen LogP contribution in [-0.4, -0.2) is 21.6 Å². The molecule has 1 aromatic carbocycles. The summed E-state index contributed by atoms with van der Waals surface area (Å²) in [4.78, 5) is 23.7. The van der Waals surface area contributed by atoms with Gasteiger partial charge in [0.2, 0.25) is 5.91 Å². The second-order valence-corrected chi connectivity index (χ2v) is 8.48. The molecule has 3 aromatic rings. The molecular weight excluding hydrogens is 388 g/mol. The second-order valence-electron chi connectivity index (χ2n) is 6.43. The van der Waals surface area contributed by atoms with E-state index in [0.717, 1.165) is 46.6 Å². The molecule has 0 aliphatic heterocycles. The lowest BCUT2D eigenvalue weighted by atomic mass is 9.97. The number of rotatable bonds is 4. The summed E-state index contributed by atoms with van der Waals surface area (Å²) in [7, 11) is 0. The third-order valence-electron chi connectivity index (χ3n) is 4.44. The van der Waals surface area contributed by atoms with Crippen molar-refractivity contribution in [2.75, 3.05) is 11.1 Å². The number of aryl methyl sites for hydroxylation is 3. The molecule has 140 valence electrons. The Kier molecular flexibility index (Phi) is 5.10. The molecule has 27 heavy (non-hydrogen) atoms. The Morgan fingerprint density at radius 2 is 2.04 bits per heavy atom. The van der Waals surface area contributed by atoms with E-state index in [1.54, 1.807) is 11.3 Å². The van der Waals surface area contributed by atoms with Crippen LogP contribution < -0.4 is 5.32 Å². The van der Waals surface area contributed by atoms with Crippen LogP contribution in [0.3, 0.4) is 0 Å². The third-order valence-corrected chi connectivity index (χ3v) is 6.60. The molecule has 4 rings (SSSR count). The fraction of sp³-hybridized carbons (Fsp3) is 0.316.